The van der Waals surface area contributed by atoms with Gasteiger partial charge >= 0.3 is 0 Å². The summed E-state index contributed by atoms with van der Waals surface area (Å²) in [6, 6.07) is 4.10. The Hall–Kier alpha value is -1.99. The second-order valence-corrected chi connectivity index (χ2v) is 7.73. The Labute approximate surface area is 149 Å². The number of hydrogen-bond donors (Lipinski definition) is 2. The molecule has 0 bridgehead atoms. The standard InChI is InChI=1S/C17H20N4OS2/c1-10-13(11(2)21-20-10)6-7-16(22)18-9-15-12(3)19-17(24-15)14-5-4-8-23-14/h4-5,8H,6-7,9H2,1-3H3,(H,18,22)(H,20,21). The molecule has 2 N–H and O–H groups in total. The zero-order chi connectivity index (χ0) is 17.1. The molecule has 3 aromatic rings. The van der Waals surface area contributed by atoms with E-state index in [0.29, 0.717) is 19.4 Å². The van der Waals surface area contributed by atoms with E-state index in [1.54, 1.807) is 22.7 Å². The summed E-state index contributed by atoms with van der Waals surface area (Å²) in [5.41, 5.74) is 4.14. The summed E-state index contributed by atoms with van der Waals surface area (Å²) in [5, 5.41) is 13.2. The third kappa shape index (κ3) is 3.73. The Morgan fingerprint density at radius 1 is 1.29 bits per heavy atom. The van der Waals surface area contributed by atoms with Gasteiger partial charge in [0, 0.05) is 17.0 Å². The number of aromatic amines is 1. The number of nitrogens with one attached hydrogen (secondary N) is 2. The number of amides is 1. The Bertz CT molecular complexity index is 814. The fraction of sp³-hybridized carbons (Fsp3) is 0.353. The molecule has 0 atom stereocenters. The minimum Gasteiger partial charge on any atom is -0.351 e. The lowest BCUT2D eigenvalue weighted by Crippen LogP contribution is -2.23. The van der Waals surface area contributed by atoms with Gasteiger partial charge in [-0.15, -0.1) is 22.7 Å². The summed E-state index contributed by atoms with van der Waals surface area (Å²) in [5.74, 6) is 0.0560. The average molecular weight is 361 g/mol. The fourth-order valence-corrected chi connectivity index (χ4v) is 4.34. The second kappa shape index (κ2) is 7.27. The lowest BCUT2D eigenvalue weighted by atomic mass is 10.1. The molecule has 0 aromatic carbocycles. The van der Waals surface area contributed by atoms with Gasteiger partial charge in [-0.3, -0.25) is 9.89 Å². The van der Waals surface area contributed by atoms with Gasteiger partial charge in [0.25, 0.3) is 0 Å². The van der Waals surface area contributed by atoms with Crippen molar-refractivity contribution in [1.82, 2.24) is 20.5 Å². The molecule has 0 aliphatic rings. The van der Waals surface area contributed by atoms with Crippen LogP contribution in [0.2, 0.25) is 0 Å². The first-order chi connectivity index (χ1) is 11.5. The molecule has 0 saturated heterocycles. The van der Waals surface area contributed by atoms with E-state index in [-0.39, 0.29) is 5.91 Å². The Morgan fingerprint density at radius 3 is 2.79 bits per heavy atom. The van der Waals surface area contributed by atoms with Crippen molar-refractivity contribution in [3.8, 4) is 9.88 Å². The number of aromatic nitrogens is 3. The number of rotatable bonds is 6. The number of carbonyl (C=O) groups excluding carboxylic acids is 1. The van der Waals surface area contributed by atoms with E-state index in [0.717, 1.165) is 32.5 Å². The third-order valence-corrected chi connectivity index (χ3v) is 6.15. The minimum atomic E-state index is 0.0560. The first-order valence-electron chi connectivity index (χ1n) is 7.82. The highest BCUT2D eigenvalue weighted by Crippen LogP contribution is 2.30. The Balaban J connectivity index is 1.55. The summed E-state index contributed by atoms with van der Waals surface area (Å²) in [7, 11) is 0. The van der Waals surface area contributed by atoms with Crippen molar-refractivity contribution in [2.45, 2.75) is 40.2 Å². The van der Waals surface area contributed by atoms with Crippen LogP contribution in [0.15, 0.2) is 17.5 Å². The van der Waals surface area contributed by atoms with Gasteiger partial charge in [-0.1, -0.05) is 6.07 Å². The molecule has 0 unspecified atom stereocenters. The predicted molar refractivity (Wildman–Crippen MR) is 98.4 cm³/mol. The minimum absolute atomic E-state index is 0.0560. The van der Waals surface area contributed by atoms with E-state index < -0.39 is 0 Å². The molecule has 3 heterocycles. The van der Waals surface area contributed by atoms with Gasteiger partial charge in [0.15, 0.2) is 0 Å². The van der Waals surface area contributed by atoms with Crippen molar-refractivity contribution in [3.63, 3.8) is 0 Å². The molecule has 0 radical (unpaired) electrons. The molecule has 3 aromatic heterocycles. The number of nitrogens with zero attached hydrogens (tertiary/aromatic N) is 2. The predicted octanol–water partition coefficient (Wildman–Crippen LogP) is 3.77. The zero-order valence-electron chi connectivity index (χ0n) is 14.0. The zero-order valence-corrected chi connectivity index (χ0v) is 15.6. The molecule has 0 fully saturated rings. The number of carbonyl (C=O) groups is 1. The summed E-state index contributed by atoms with van der Waals surface area (Å²) >= 11 is 3.33. The van der Waals surface area contributed by atoms with Gasteiger partial charge < -0.3 is 5.32 Å². The fourth-order valence-electron chi connectivity index (χ4n) is 2.55. The maximum atomic E-state index is 12.1. The van der Waals surface area contributed by atoms with Crippen LogP contribution in [0.3, 0.4) is 0 Å². The van der Waals surface area contributed by atoms with Gasteiger partial charge in [-0.05, 0) is 44.2 Å². The molecule has 5 nitrogen and oxygen atoms in total. The van der Waals surface area contributed by atoms with Gasteiger partial charge in [-0.2, -0.15) is 5.10 Å². The largest absolute Gasteiger partial charge is 0.351 e. The molecule has 3 rings (SSSR count). The molecule has 0 spiro atoms. The van der Waals surface area contributed by atoms with Crippen LogP contribution >= 0.6 is 22.7 Å². The maximum absolute atomic E-state index is 12.1. The van der Waals surface area contributed by atoms with Crippen LogP contribution in [0.5, 0.6) is 0 Å². The molecule has 24 heavy (non-hydrogen) atoms. The highest BCUT2D eigenvalue weighted by atomic mass is 32.1. The number of H-pyrrole nitrogens is 1. The van der Waals surface area contributed by atoms with Crippen LogP contribution in [0.1, 0.15) is 33.9 Å². The first-order valence-corrected chi connectivity index (χ1v) is 9.51. The van der Waals surface area contributed by atoms with Gasteiger partial charge in [-0.25, -0.2) is 4.98 Å². The van der Waals surface area contributed by atoms with Gasteiger partial charge in [0.1, 0.15) is 5.01 Å². The molecular formula is C17H20N4OS2. The van der Waals surface area contributed by atoms with Crippen LogP contribution in [0.4, 0.5) is 0 Å². The number of hydrogen-bond acceptors (Lipinski definition) is 5. The van der Waals surface area contributed by atoms with E-state index in [2.05, 4.69) is 26.6 Å². The average Bonchev–Trinajstić information content (AvgIpc) is 3.26. The third-order valence-electron chi connectivity index (χ3n) is 3.95. The number of thiophene rings is 1. The number of thiazole rings is 1. The molecule has 0 aliphatic carbocycles. The quantitative estimate of drug-likeness (QED) is 0.703. The van der Waals surface area contributed by atoms with Crippen molar-refractivity contribution in [2.24, 2.45) is 0 Å². The number of aryl methyl sites for hydroxylation is 3. The molecule has 0 saturated carbocycles. The molecule has 126 valence electrons. The van der Waals surface area contributed by atoms with Crippen molar-refractivity contribution in [1.29, 1.82) is 0 Å². The molecule has 7 heteroatoms. The van der Waals surface area contributed by atoms with Crippen LogP contribution in [0.25, 0.3) is 9.88 Å². The van der Waals surface area contributed by atoms with Crippen molar-refractivity contribution in [3.05, 3.63) is 45.0 Å². The smallest absolute Gasteiger partial charge is 0.220 e. The van der Waals surface area contributed by atoms with Crippen LogP contribution in [-0.2, 0) is 17.8 Å². The van der Waals surface area contributed by atoms with Crippen molar-refractivity contribution >= 4 is 28.6 Å². The first kappa shape index (κ1) is 16.9. The highest BCUT2D eigenvalue weighted by Gasteiger charge is 2.12. The highest BCUT2D eigenvalue weighted by molar-refractivity contribution is 7.21. The summed E-state index contributed by atoms with van der Waals surface area (Å²) in [4.78, 5) is 19.0. The molecular weight excluding hydrogens is 340 g/mol. The van der Waals surface area contributed by atoms with Gasteiger partial charge in [0.05, 0.1) is 22.8 Å². The van der Waals surface area contributed by atoms with Crippen LogP contribution in [-0.4, -0.2) is 21.1 Å². The SMILES string of the molecule is Cc1nc(-c2cccs2)sc1CNC(=O)CCc1c(C)n[nH]c1C. The van der Waals surface area contributed by atoms with E-state index in [1.807, 2.05) is 32.2 Å². The summed E-state index contributed by atoms with van der Waals surface area (Å²) in [6.45, 7) is 6.48. The van der Waals surface area contributed by atoms with Crippen LogP contribution in [0, 0.1) is 20.8 Å². The van der Waals surface area contributed by atoms with Crippen LogP contribution < -0.4 is 5.32 Å². The lowest BCUT2D eigenvalue weighted by Gasteiger charge is -2.04. The maximum Gasteiger partial charge on any atom is 0.220 e. The van der Waals surface area contributed by atoms with Crippen molar-refractivity contribution in [2.75, 3.05) is 0 Å². The monoisotopic (exact) mass is 360 g/mol. The summed E-state index contributed by atoms with van der Waals surface area (Å²) < 4.78 is 0. The van der Waals surface area contributed by atoms with E-state index in [1.165, 1.54) is 4.88 Å². The molecule has 0 aliphatic heterocycles. The Morgan fingerprint density at radius 2 is 2.12 bits per heavy atom. The normalized spacial score (nSPS) is 11.0. The topological polar surface area (TPSA) is 70.7 Å². The van der Waals surface area contributed by atoms with E-state index >= 15 is 0 Å². The Kier molecular flexibility index (Phi) is 5.11. The molecule has 1 amide bonds. The van der Waals surface area contributed by atoms with E-state index in [9.17, 15) is 4.79 Å². The van der Waals surface area contributed by atoms with E-state index in [4.69, 9.17) is 0 Å². The second-order valence-electron chi connectivity index (χ2n) is 5.69. The van der Waals surface area contributed by atoms with Gasteiger partial charge in [0.2, 0.25) is 5.91 Å². The summed E-state index contributed by atoms with van der Waals surface area (Å²) in [6.07, 6.45) is 1.18. The van der Waals surface area contributed by atoms with Crippen molar-refractivity contribution < 1.29 is 4.79 Å². The lowest BCUT2D eigenvalue weighted by molar-refractivity contribution is -0.121.